The van der Waals surface area contributed by atoms with Gasteiger partial charge in [-0.25, -0.2) is 13.1 Å². The van der Waals surface area contributed by atoms with Crippen molar-refractivity contribution in [2.45, 2.75) is 11.3 Å². The van der Waals surface area contributed by atoms with Gasteiger partial charge in [-0.3, -0.25) is 4.79 Å². The quantitative estimate of drug-likeness (QED) is 0.756. The number of amides is 1. The molecule has 0 radical (unpaired) electrons. The molecule has 2 N–H and O–H groups in total. The van der Waals surface area contributed by atoms with Gasteiger partial charge in [-0.05, 0) is 23.6 Å². The van der Waals surface area contributed by atoms with Crippen molar-refractivity contribution in [3.05, 3.63) is 52.7 Å². The van der Waals surface area contributed by atoms with Crippen LogP contribution in [0.5, 0.6) is 0 Å². The molecule has 0 bridgehead atoms. The summed E-state index contributed by atoms with van der Waals surface area (Å²) in [5, 5.41) is 4.60. The van der Waals surface area contributed by atoms with Crippen LogP contribution in [-0.2, 0) is 21.2 Å². The normalized spacial score (nSPS) is 11.2. The smallest absolute Gasteiger partial charge is 0.240 e. The Labute approximate surface area is 128 Å². The van der Waals surface area contributed by atoms with E-state index in [0.717, 1.165) is 4.88 Å². The number of thiophene rings is 1. The Kier molecular flexibility index (Phi) is 5.49. The molecule has 1 amide bonds. The van der Waals surface area contributed by atoms with Gasteiger partial charge >= 0.3 is 0 Å². The number of carbonyl (C=O) groups excluding carboxylic acids is 1. The number of hydrogen-bond donors (Lipinski definition) is 2. The van der Waals surface area contributed by atoms with Crippen molar-refractivity contribution in [1.29, 1.82) is 0 Å². The number of carbonyl (C=O) groups is 1. The molecule has 0 aliphatic carbocycles. The van der Waals surface area contributed by atoms with Crippen LogP contribution in [0.1, 0.15) is 4.88 Å². The zero-order chi connectivity index (χ0) is 15.1. The first-order valence-electron chi connectivity index (χ1n) is 6.42. The van der Waals surface area contributed by atoms with E-state index in [9.17, 15) is 13.2 Å². The highest BCUT2D eigenvalue weighted by Crippen LogP contribution is 2.08. The van der Waals surface area contributed by atoms with Gasteiger partial charge < -0.3 is 5.32 Å². The molecule has 0 aliphatic heterocycles. The number of rotatable bonds is 7. The lowest BCUT2D eigenvalue weighted by atomic mass is 10.3. The Morgan fingerprint density at radius 1 is 1.05 bits per heavy atom. The molecule has 7 heteroatoms. The average Bonchev–Trinajstić information content (AvgIpc) is 2.97. The molecule has 0 spiro atoms. The molecule has 0 fully saturated rings. The Morgan fingerprint density at radius 2 is 1.81 bits per heavy atom. The third-order valence-electron chi connectivity index (χ3n) is 2.71. The molecule has 0 saturated heterocycles. The second-order valence-electron chi connectivity index (χ2n) is 4.32. The van der Waals surface area contributed by atoms with Crippen LogP contribution in [0.15, 0.2) is 52.7 Å². The summed E-state index contributed by atoms with van der Waals surface area (Å²) in [6, 6.07) is 11.9. The van der Waals surface area contributed by atoms with Crippen molar-refractivity contribution in [3.63, 3.8) is 0 Å². The van der Waals surface area contributed by atoms with Crippen molar-refractivity contribution in [2.24, 2.45) is 0 Å². The summed E-state index contributed by atoms with van der Waals surface area (Å²) in [7, 11) is -3.51. The highest BCUT2D eigenvalue weighted by atomic mass is 32.2. The van der Waals surface area contributed by atoms with Gasteiger partial charge in [-0.1, -0.05) is 24.3 Å². The maximum atomic E-state index is 11.9. The Balaban J connectivity index is 1.73. The lowest BCUT2D eigenvalue weighted by Crippen LogP contribution is -2.35. The Morgan fingerprint density at radius 3 is 2.48 bits per heavy atom. The highest BCUT2D eigenvalue weighted by molar-refractivity contribution is 7.89. The molecule has 2 aromatic rings. The largest absolute Gasteiger partial charge is 0.354 e. The number of nitrogens with one attached hydrogen (secondary N) is 2. The van der Waals surface area contributed by atoms with Crippen molar-refractivity contribution in [3.8, 4) is 0 Å². The van der Waals surface area contributed by atoms with E-state index in [0.29, 0.717) is 6.42 Å². The summed E-state index contributed by atoms with van der Waals surface area (Å²) < 4.78 is 26.3. The molecular formula is C14H16N2O3S2. The monoisotopic (exact) mass is 324 g/mol. The summed E-state index contributed by atoms with van der Waals surface area (Å²) in [5.41, 5.74) is 0. The molecule has 0 atom stereocenters. The maximum Gasteiger partial charge on any atom is 0.240 e. The van der Waals surface area contributed by atoms with Crippen molar-refractivity contribution in [1.82, 2.24) is 10.0 Å². The standard InChI is InChI=1S/C14H16N2O3S2/c17-14(11-12-5-4-10-20-12)15-8-9-16-21(18,19)13-6-2-1-3-7-13/h1-7,10,16H,8-9,11H2,(H,15,17). The molecule has 1 aromatic carbocycles. The van der Waals surface area contributed by atoms with E-state index in [1.165, 1.54) is 23.5 Å². The highest BCUT2D eigenvalue weighted by Gasteiger charge is 2.12. The van der Waals surface area contributed by atoms with Crippen LogP contribution in [-0.4, -0.2) is 27.4 Å². The molecular weight excluding hydrogens is 308 g/mol. The number of sulfonamides is 1. The predicted molar refractivity (Wildman–Crippen MR) is 82.7 cm³/mol. The van der Waals surface area contributed by atoms with Gasteiger partial charge in [0.25, 0.3) is 0 Å². The molecule has 0 unspecified atom stereocenters. The lowest BCUT2D eigenvalue weighted by molar-refractivity contribution is -0.120. The van der Waals surface area contributed by atoms with Crippen LogP contribution in [0.2, 0.25) is 0 Å². The molecule has 0 saturated carbocycles. The van der Waals surface area contributed by atoms with Crippen LogP contribution in [0.3, 0.4) is 0 Å². The topological polar surface area (TPSA) is 75.3 Å². The van der Waals surface area contributed by atoms with E-state index < -0.39 is 10.0 Å². The fourth-order valence-corrected chi connectivity index (χ4v) is 3.46. The lowest BCUT2D eigenvalue weighted by Gasteiger charge is -2.07. The summed E-state index contributed by atoms with van der Waals surface area (Å²) >= 11 is 1.52. The van der Waals surface area contributed by atoms with E-state index in [4.69, 9.17) is 0 Å². The maximum absolute atomic E-state index is 11.9. The number of benzene rings is 1. The van der Waals surface area contributed by atoms with Crippen molar-refractivity contribution >= 4 is 27.3 Å². The van der Waals surface area contributed by atoms with Gasteiger partial charge in [0.2, 0.25) is 15.9 Å². The van der Waals surface area contributed by atoms with E-state index in [1.54, 1.807) is 18.2 Å². The zero-order valence-corrected chi connectivity index (χ0v) is 12.9. The minimum atomic E-state index is -3.51. The van der Waals surface area contributed by atoms with Gasteiger partial charge in [-0.15, -0.1) is 11.3 Å². The second kappa shape index (κ2) is 7.35. The zero-order valence-electron chi connectivity index (χ0n) is 11.3. The first-order chi connectivity index (χ1) is 10.1. The fraction of sp³-hybridized carbons (Fsp3) is 0.214. The van der Waals surface area contributed by atoms with E-state index in [1.807, 2.05) is 17.5 Å². The van der Waals surface area contributed by atoms with Crippen LogP contribution in [0, 0.1) is 0 Å². The molecule has 0 aliphatic rings. The molecule has 112 valence electrons. The fourth-order valence-electron chi connectivity index (χ4n) is 1.70. The minimum absolute atomic E-state index is 0.114. The minimum Gasteiger partial charge on any atom is -0.354 e. The van der Waals surface area contributed by atoms with E-state index >= 15 is 0 Å². The van der Waals surface area contributed by atoms with Gasteiger partial charge in [-0.2, -0.15) is 0 Å². The molecule has 5 nitrogen and oxygen atoms in total. The Hall–Kier alpha value is -1.70. The van der Waals surface area contributed by atoms with E-state index in [-0.39, 0.29) is 23.9 Å². The molecule has 1 heterocycles. The van der Waals surface area contributed by atoms with Crippen LogP contribution in [0.4, 0.5) is 0 Å². The van der Waals surface area contributed by atoms with Crippen LogP contribution >= 0.6 is 11.3 Å². The SMILES string of the molecule is O=C(Cc1cccs1)NCCNS(=O)(=O)c1ccccc1. The van der Waals surface area contributed by atoms with Gasteiger partial charge in [0.15, 0.2) is 0 Å². The van der Waals surface area contributed by atoms with Gasteiger partial charge in [0, 0.05) is 18.0 Å². The summed E-state index contributed by atoms with van der Waals surface area (Å²) in [6.45, 7) is 0.420. The van der Waals surface area contributed by atoms with Crippen LogP contribution in [0.25, 0.3) is 0 Å². The first kappa shape index (κ1) is 15.7. The molecule has 2 rings (SSSR count). The second-order valence-corrected chi connectivity index (χ2v) is 7.12. The predicted octanol–water partition coefficient (Wildman–Crippen LogP) is 1.39. The third kappa shape index (κ3) is 4.96. The Bertz CT molecular complexity index is 668. The van der Waals surface area contributed by atoms with E-state index in [2.05, 4.69) is 10.0 Å². The summed E-state index contributed by atoms with van der Waals surface area (Å²) in [6.07, 6.45) is 0.323. The molecule has 1 aromatic heterocycles. The van der Waals surface area contributed by atoms with Gasteiger partial charge in [0.1, 0.15) is 0 Å². The average molecular weight is 324 g/mol. The van der Waals surface area contributed by atoms with Gasteiger partial charge in [0.05, 0.1) is 11.3 Å². The van der Waals surface area contributed by atoms with Crippen molar-refractivity contribution in [2.75, 3.05) is 13.1 Å². The first-order valence-corrected chi connectivity index (χ1v) is 8.78. The summed E-state index contributed by atoms with van der Waals surface area (Å²) in [5.74, 6) is -0.114. The summed E-state index contributed by atoms with van der Waals surface area (Å²) in [4.78, 5) is 12.8. The molecule has 21 heavy (non-hydrogen) atoms. The number of hydrogen-bond acceptors (Lipinski definition) is 4. The van der Waals surface area contributed by atoms with Crippen LogP contribution < -0.4 is 10.0 Å². The third-order valence-corrected chi connectivity index (χ3v) is 5.06. The van der Waals surface area contributed by atoms with Crippen molar-refractivity contribution < 1.29 is 13.2 Å².